The summed E-state index contributed by atoms with van der Waals surface area (Å²) in [5, 5.41) is 2.82. The maximum atomic E-state index is 12.8. The van der Waals surface area contributed by atoms with Crippen LogP contribution in [-0.4, -0.2) is 73.8 Å². The van der Waals surface area contributed by atoms with E-state index in [1.54, 1.807) is 30.9 Å². The largest absolute Gasteiger partial charge is 0.493 e. The van der Waals surface area contributed by atoms with Crippen molar-refractivity contribution in [3.8, 4) is 11.5 Å². The van der Waals surface area contributed by atoms with E-state index < -0.39 is 6.04 Å². The van der Waals surface area contributed by atoms with Crippen LogP contribution in [0.25, 0.3) is 0 Å². The van der Waals surface area contributed by atoms with Gasteiger partial charge in [-0.15, -0.1) is 11.8 Å². The molecule has 1 N–H and O–H groups in total. The summed E-state index contributed by atoms with van der Waals surface area (Å²) < 4.78 is 10.7. The highest BCUT2D eigenvalue weighted by molar-refractivity contribution is 7.99. The monoisotopic (exact) mass is 421 g/mol. The number of piperidine rings is 1. The summed E-state index contributed by atoms with van der Waals surface area (Å²) >= 11 is 1.60. The number of hydrogen-bond donors (Lipinski definition) is 1. The van der Waals surface area contributed by atoms with Crippen LogP contribution >= 0.6 is 11.8 Å². The van der Waals surface area contributed by atoms with Crippen LogP contribution in [0.4, 0.5) is 0 Å². The molecule has 2 heterocycles. The maximum absolute atomic E-state index is 12.8. The molecule has 0 bridgehead atoms. The van der Waals surface area contributed by atoms with Crippen LogP contribution in [0, 0.1) is 0 Å². The number of nitrogens with one attached hydrogen (secondary N) is 1. The molecule has 0 aromatic heterocycles. The third-order valence-corrected chi connectivity index (χ3v) is 6.86. The van der Waals surface area contributed by atoms with Crippen molar-refractivity contribution in [2.75, 3.05) is 46.2 Å². The number of amides is 2. The Morgan fingerprint density at radius 2 is 1.86 bits per heavy atom. The SMILES string of the molecule is COc1ccc([C@@H]2SC[C@H](C(=O)NCCN3CCCCC3)N2C(C)=O)cc1OC. The topological polar surface area (TPSA) is 71.1 Å². The maximum Gasteiger partial charge on any atom is 0.243 e. The van der Waals surface area contributed by atoms with Crippen LogP contribution in [-0.2, 0) is 9.59 Å². The molecule has 1 aromatic carbocycles. The summed E-state index contributed by atoms with van der Waals surface area (Å²) in [6.45, 7) is 5.22. The molecule has 2 aliphatic rings. The average molecular weight is 422 g/mol. The smallest absolute Gasteiger partial charge is 0.243 e. The molecular weight excluding hydrogens is 390 g/mol. The van der Waals surface area contributed by atoms with Crippen molar-refractivity contribution >= 4 is 23.6 Å². The zero-order valence-corrected chi connectivity index (χ0v) is 18.3. The van der Waals surface area contributed by atoms with E-state index in [0.29, 0.717) is 23.8 Å². The highest BCUT2D eigenvalue weighted by Gasteiger charge is 2.41. The Morgan fingerprint density at radius 1 is 1.14 bits per heavy atom. The molecule has 0 unspecified atom stereocenters. The molecule has 2 fully saturated rings. The van der Waals surface area contributed by atoms with Gasteiger partial charge in [-0.1, -0.05) is 12.5 Å². The molecule has 0 radical (unpaired) electrons. The third-order valence-electron chi connectivity index (χ3n) is 5.54. The Morgan fingerprint density at radius 3 is 2.52 bits per heavy atom. The zero-order valence-electron chi connectivity index (χ0n) is 17.5. The molecule has 3 rings (SSSR count). The van der Waals surface area contributed by atoms with Gasteiger partial charge in [0.25, 0.3) is 0 Å². The summed E-state index contributed by atoms with van der Waals surface area (Å²) in [4.78, 5) is 29.3. The molecule has 29 heavy (non-hydrogen) atoms. The molecule has 7 nitrogen and oxygen atoms in total. The van der Waals surface area contributed by atoms with Crippen molar-refractivity contribution in [1.29, 1.82) is 0 Å². The first-order valence-corrected chi connectivity index (χ1v) is 11.2. The van der Waals surface area contributed by atoms with Crippen LogP contribution in [0.2, 0.25) is 0 Å². The predicted octanol–water partition coefficient (Wildman–Crippen LogP) is 2.27. The van der Waals surface area contributed by atoms with Crippen LogP contribution in [0.3, 0.4) is 0 Å². The van der Waals surface area contributed by atoms with Gasteiger partial charge in [0.15, 0.2) is 11.5 Å². The molecule has 2 amide bonds. The Balaban J connectivity index is 1.64. The number of nitrogens with zero attached hydrogens (tertiary/aromatic N) is 2. The first-order valence-electron chi connectivity index (χ1n) is 10.2. The van der Waals surface area contributed by atoms with Crippen LogP contribution < -0.4 is 14.8 Å². The fraction of sp³-hybridized carbons (Fsp3) is 0.619. The number of ether oxygens (including phenoxy) is 2. The lowest BCUT2D eigenvalue weighted by Crippen LogP contribution is -2.48. The van der Waals surface area contributed by atoms with Gasteiger partial charge in [-0.05, 0) is 43.6 Å². The van der Waals surface area contributed by atoms with Crippen LogP contribution in [0.5, 0.6) is 11.5 Å². The van der Waals surface area contributed by atoms with E-state index in [1.807, 2.05) is 18.2 Å². The molecule has 1 aromatic rings. The van der Waals surface area contributed by atoms with Gasteiger partial charge in [0.1, 0.15) is 11.4 Å². The van der Waals surface area contributed by atoms with E-state index in [1.165, 1.54) is 26.2 Å². The van der Waals surface area contributed by atoms with Gasteiger partial charge in [-0.3, -0.25) is 9.59 Å². The Labute approximate surface area is 177 Å². The number of thioether (sulfide) groups is 1. The number of methoxy groups -OCH3 is 2. The minimum Gasteiger partial charge on any atom is -0.493 e. The molecule has 8 heteroatoms. The molecular formula is C21H31N3O4S. The summed E-state index contributed by atoms with van der Waals surface area (Å²) in [5.74, 6) is 1.65. The number of hydrogen-bond acceptors (Lipinski definition) is 6. The van der Waals surface area contributed by atoms with Crippen LogP contribution in [0.1, 0.15) is 37.1 Å². The number of rotatable bonds is 7. The first-order chi connectivity index (χ1) is 14.0. The Kier molecular flexibility index (Phi) is 7.66. The van der Waals surface area contributed by atoms with Crippen molar-refractivity contribution in [3.05, 3.63) is 23.8 Å². The molecule has 2 aliphatic heterocycles. The van der Waals surface area contributed by atoms with Gasteiger partial charge >= 0.3 is 0 Å². The summed E-state index contributed by atoms with van der Waals surface area (Å²) in [7, 11) is 3.18. The van der Waals surface area contributed by atoms with Gasteiger partial charge in [0.2, 0.25) is 11.8 Å². The highest BCUT2D eigenvalue weighted by Crippen LogP contribution is 2.43. The van der Waals surface area contributed by atoms with Gasteiger partial charge in [0.05, 0.1) is 14.2 Å². The van der Waals surface area contributed by atoms with Crippen molar-refractivity contribution in [1.82, 2.24) is 15.1 Å². The summed E-state index contributed by atoms with van der Waals surface area (Å²) in [6.07, 6.45) is 3.77. The fourth-order valence-corrected chi connectivity index (χ4v) is 5.47. The van der Waals surface area contributed by atoms with Gasteiger partial charge < -0.3 is 24.6 Å². The lowest BCUT2D eigenvalue weighted by molar-refractivity contribution is -0.138. The molecule has 0 saturated carbocycles. The van der Waals surface area contributed by atoms with E-state index >= 15 is 0 Å². The quantitative estimate of drug-likeness (QED) is 0.728. The van der Waals surface area contributed by atoms with Crippen molar-refractivity contribution in [2.24, 2.45) is 0 Å². The van der Waals surface area contributed by atoms with E-state index in [0.717, 1.165) is 25.2 Å². The molecule has 2 atom stereocenters. The summed E-state index contributed by atoms with van der Waals surface area (Å²) in [5.41, 5.74) is 0.923. The second-order valence-corrected chi connectivity index (χ2v) is 8.55. The van der Waals surface area contributed by atoms with E-state index in [4.69, 9.17) is 9.47 Å². The van der Waals surface area contributed by atoms with Gasteiger partial charge in [0, 0.05) is 25.8 Å². The zero-order chi connectivity index (χ0) is 20.8. The van der Waals surface area contributed by atoms with Crippen molar-refractivity contribution in [3.63, 3.8) is 0 Å². The Bertz CT molecular complexity index is 724. The van der Waals surface area contributed by atoms with E-state index in [-0.39, 0.29) is 17.2 Å². The van der Waals surface area contributed by atoms with Gasteiger partial charge in [-0.25, -0.2) is 0 Å². The second kappa shape index (κ2) is 10.2. The number of benzene rings is 1. The first kappa shape index (κ1) is 21.8. The molecule has 0 aliphatic carbocycles. The molecule has 2 saturated heterocycles. The van der Waals surface area contributed by atoms with Gasteiger partial charge in [-0.2, -0.15) is 0 Å². The van der Waals surface area contributed by atoms with E-state index in [2.05, 4.69) is 10.2 Å². The fourth-order valence-electron chi connectivity index (χ4n) is 3.99. The normalized spacial score (nSPS) is 22.4. The number of carbonyl (C=O) groups excluding carboxylic acids is 2. The molecule has 160 valence electrons. The highest BCUT2D eigenvalue weighted by atomic mass is 32.2. The molecule has 0 spiro atoms. The van der Waals surface area contributed by atoms with Crippen LogP contribution in [0.15, 0.2) is 18.2 Å². The Hall–Kier alpha value is -1.93. The van der Waals surface area contributed by atoms with Crippen molar-refractivity contribution in [2.45, 2.75) is 37.6 Å². The lowest BCUT2D eigenvalue weighted by atomic mass is 10.1. The standard InChI is InChI=1S/C21H31N3O4S/c1-15(25)24-17(20(26)22-9-12-23-10-5-4-6-11-23)14-29-21(24)16-7-8-18(27-2)19(13-16)28-3/h7-8,13,17,21H,4-6,9-12,14H2,1-3H3,(H,22,26)/t17-,21+/m1/s1. The minimum absolute atomic E-state index is 0.0762. The third kappa shape index (κ3) is 5.17. The predicted molar refractivity (Wildman–Crippen MR) is 114 cm³/mol. The average Bonchev–Trinajstić information content (AvgIpc) is 3.19. The minimum atomic E-state index is -0.461. The van der Waals surface area contributed by atoms with Crippen molar-refractivity contribution < 1.29 is 19.1 Å². The number of likely N-dealkylation sites (tertiary alicyclic amines) is 1. The second-order valence-electron chi connectivity index (χ2n) is 7.44. The number of carbonyl (C=O) groups is 2. The van der Waals surface area contributed by atoms with E-state index in [9.17, 15) is 9.59 Å². The lowest BCUT2D eigenvalue weighted by Gasteiger charge is -2.29. The summed E-state index contributed by atoms with van der Waals surface area (Å²) in [6, 6.07) is 5.17.